The first-order chi connectivity index (χ1) is 7.54. The number of nitrogen functional groups attached to an aromatic ring is 1. The van der Waals surface area contributed by atoms with E-state index in [0.717, 1.165) is 4.47 Å². The van der Waals surface area contributed by atoms with Crippen LogP contribution < -0.4 is 11.1 Å². The highest BCUT2D eigenvalue weighted by Gasteiger charge is 2.14. The second-order valence-corrected chi connectivity index (χ2v) is 4.79. The molecule has 1 aromatic heterocycles. The first kappa shape index (κ1) is 13.2. The number of aliphatic hydroxyl groups excluding tert-OH is 1. The largest absolute Gasteiger partial charge is 0.396 e. The maximum absolute atomic E-state index is 8.98. The van der Waals surface area contributed by atoms with E-state index in [0.29, 0.717) is 18.2 Å². The van der Waals surface area contributed by atoms with Gasteiger partial charge < -0.3 is 16.2 Å². The van der Waals surface area contributed by atoms with E-state index < -0.39 is 0 Å². The van der Waals surface area contributed by atoms with Crippen LogP contribution in [-0.4, -0.2) is 27.7 Å². The SMILES string of the molecule is CC(C)C(CCO)Nc1nc(N)ncc1Br. The fourth-order valence-electron chi connectivity index (χ4n) is 1.37. The molecule has 0 amide bonds. The smallest absolute Gasteiger partial charge is 0.221 e. The number of aliphatic hydroxyl groups is 1. The van der Waals surface area contributed by atoms with Gasteiger partial charge in [-0.25, -0.2) is 4.98 Å². The first-order valence-corrected chi connectivity index (χ1v) is 5.99. The Morgan fingerprint density at radius 1 is 1.56 bits per heavy atom. The molecule has 1 rings (SSSR count). The van der Waals surface area contributed by atoms with Gasteiger partial charge in [0.25, 0.3) is 0 Å². The van der Waals surface area contributed by atoms with E-state index in [9.17, 15) is 0 Å². The summed E-state index contributed by atoms with van der Waals surface area (Å²) in [5.74, 6) is 1.30. The second kappa shape index (κ2) is 6.00. The third kappa shape index (κ3) is 3.61. The Labute approximate surface area is 104 Å². The van der Waals surface area contributed by atoms with Crippen LogP contribution in [0.15, 0.2) is 10.7 Å². The Morgan fingerprint density at radius 2 is 2.25 bits per heavy atom. The lowest BCUT2D eigenvalue weighted by Crippen LogP contribution is -2.27. The zero-order chi connectivity index (χ0) is 12.1. The van der Waals surface area contributed by atoms with Gasteiger partial charge in [-0.2, -0.15) is 4.98 Å². The van der Waals surface area contributed by atoms with Crippen LogP contribution in [0, 0.1) is 5.92 Å². The number of halogens is 1. The molecule has 5 nitrogen and oxygen atoms in total. The van der Waals surface area contributed by atoms with E-state index in [-0.39, 0.29) is 18.6 Å². The third-order valence-corrected chi connectivity index (χ3v) is 2.91. The van der Waals surface area contributed by atoms with Gasteiger partial charge in [0, 0.05) is 18.8 Å². The third-order valence-electron chi connectivity index (χ3n) is 2.33. The van der Waals surface area contributed by atoms with Gasteiger partial charge in [0.15, 0.2) is 0 Å². The van der Waals surface area contributed by atoms with Crippen molar-refractivity contribution in [2.75, 3.05) is 17.7 Å². The molecule has 0 saturated carbocycles. The van der Waals surface area contributed by atoms with E-state index >= 15 is 0 Å². The molecule has 0 saturated heterocycles. The van der Waals surface area contributed by atoms with Gasteiger partial charge in [0.2, 0.25) is 5.95 Å². The summed E-state index contributed by atoms with van der Waals surface area (Å²) in [5, 5.41) is 12.2. The predicted octanol–water partition coefficient (Wildman–Crippen LogP) is 1.64. The standard InChI is InChI=1S/C10H17BrN4O/c1-6(2)8(3-4-16)14-9-7(11)5-13-10(12)15-9/h5-6,8,16H,3-4H2,1-2H3,(H3,12,13,14,15). The van der Waals surface area contributed by atoms with E-state index in [1.807, 2.05) is 0 Å². The van der Waals surface area contributed by atoms with Crippen molar-refractivity contribution in [3.8, 4) is 0 Å². The fourth-order valence-corrected chi connectivity index (χ4v) is 1.67. The number of hydrogen-bond acceptors (Lipinski definition) is 5. The normalized spacial score (nSPS) is 12.8. The molecule has 0 bridgehead atoms. The maximum atomic E-state index is 8.98. The molecule has 0 radical (unpaired) electrons. The van der Waals surface area contributed by atoms with Crippen LogP contribution in [0.1, 0.15) is 20.3 Å². The van der Waals surface area contributed by atoms with Crippen molar-refractivity contribution in [3.63, 3.8) is 0 Å². The van der Waals surface area contributed by atoms with Crippen molar-refractivity contribution < 1.29 is 5.11 Å². The van der Waals surface area contributed by atoms with E-state index in [4.69, 9.17) is 10.8 Å². The van der Waals surface area contributed by atoms with Crippen LogP contribution in [0.5, 0.6) is 0 Å². The molecule has 0 aliphatic carbocycles. The Bertz CT molecular complexity index is 346. The highest BCUT2D eigenvalue weighted by atomic mass is 79.9. The molecule has 0 fully saturated rings. The summed E-state index contributed by atoms with van der Waals surface area (Å²) in [4.78, 5) is 7.97. The number of nitrogens with one attached hydrogen (secondary N) is 1. The molecule has 1 unspecified atom stereocenters. The van der Waals surface area contributed by atoms with Crippen LogP contribution >= 0.6 is 15.9 Å². The minimum Gasteiger partial charge on any atom is -0.396 e. The van der Waals surface area contributed by atoms with Crippen LogP contribution in [0.4, 0.5) is 11.8 Å². The van der Waals surface area contributed by atoms with Crippen molar-refractivity contribution >= 4 is 27.7 Å². The number of hydrogen-bond donors (Lipinski definition) is 3. The quantitative estimate of drug-likeness (QED) is 0.767. The van der Waals surface area contributed by atoms with Crippen LogP contribution in [0.25, 0.3) is 0 Å². The maximum Gasteiger partial charge on any atom is 0.221 e. The lowest BCUT2D eigenvalue weighted by Gasteiger charge is -2.22. The molecule has 16 heavy (non-hydrogen) atoms. The topological polar surface area (TPSA) is 84.1 Å². The molecular weight excluding hydrogens is 272 g/mol. The molecule has 0 aromatic carbocycles. The summed E-state index contributed by atoms with van der Waals surface area (Å²) in [6.45, 7) is 4.32. The number of rotatable bonds is 5. The number of nitrogens with two attached hydrogens (primary N) is 1. The summed E-state index contributed by atoms with van der Waals surface area (Å²) in [6.07, 6.45) is 2.29. The van der Waals surface area contributed by atoms with E-state index in [2.05, 4.69) is 45.1 Å². The molecule has 4 N–H and O–H groups in total. The highest BCUT2D eigenvalue weighted by Crippen LogP contribution is 2.22. The van der Waals surface area contributed by atoms with Gasteiger partial charge in [0.05, 0.1) is 4.47 Å². The van der Waals surface area contributed by atoms with Gasteiger partial charge >= 0.3 is 0 Å². The lowest BCUT2D eigenvalue weighted by molar-refractivity contribution is 0.267. The molecule has 0 aliphatic heterocycles. The Balaban J connectivity index is 2.80. The number of nitrogens with zero attached hydrogens (tertiary/aromatic N) is 2. The Morgan fingerprint density at radius 3 is 2.81 bits per heavy atom. The van der Waals surface area contributed by atoms with E-state index in [1.165, 1.54) is 0 Å². The average Bonchev–Trinajstić information content (AvgIpc) is 2.22. The summed E-state index contributed by atoms with van der Waals surface area (Å²) >= 11 is 3.35. The first-order valence-electron chi connectivity index (χ1n) is 5.20. The molecule has 1 aromatic rings. The summed E-state index contributed by atoms with van der Waals surface area (Å²) < 4.78 is 0.769. The van der Waals surface area contributed by atoms with Gasteiger partial charge in [0.1, 0.15) is 5.82 Å². The van der Waals surface area contributed by atoms with Crippen LogP contribution in [-0.2, 0) is 0 Å². The molecule has 0 spiro atoms. The zero-order valence-electron chi connectivity index (χ0n) is 9.44. The Hall–Kier alpha value is -0.880. The van der Waals surface area contributed by atoms with Crippen LogP contribution in [0.2, 0.25) is 0 Å². The molecule has 6 heteroatoms. The molecule has 0 aliphatic rings. The molecule has 1 heterocycles. The van der Waals surface area contributed by atoms with Crippen molar-refractivity contribution in [2.45, 2.75) is 26.3 Å². The van der Waals surface area contributed by atoms with Crippen molar-refractivity contribution in [3.05, 3.63) is 10.7 Å². The molecule has 1 atom stereocenters. The molecular formula is C10H17BrN4O. The van der Waals surface area contributed by atoms with Crippen molar-refractivity contribution in [2.24, 2.45) is 5.92 Å². The monoisotopic (exact) mass is 288 g/mol. The molecule has 90 valence electrons. The summed E-state index contributed by atoms with van der Waals surface area (Å²) in [7, 11) is 0. The lowest BCUT2D eigenvalue weighted by atomic mass is 10.0. The number of anilines is 2. The van der Waals surface area contributed by atoms with Gasteiger partial charge in [-0.3, -0.25) is 0 Å². The predicted molar refractivity (Wildman–Crippen MR) is 68.1 cm³/mol. The van der Waals surface area contributed by atoms with Crippen molar-refractivity contribution in [1.82, 2.24) is 9.97 Å². The second-order valence-electron chi connectivity index (χ2n) is 3.93. The van der Waals surface area contributed by atoms with Gasteiger partial charge in [-0.05, 0) is 28.3 Å². The Kier molecular flexibility index (Phi) is 4.95. The average molecular weight is 289 g/mol. The van der Waals surface area contributed by atoms with E-state index in [1.54, 1.807) is 6.20 Å². The van der Waals surface area contributed by atoms with Gasteiger partial charge in [-0.1, -0.05) is 13.8 Å². The van der Waals surface area contributed by atoms with Gasteiger partial charge in [-0.15, -0.1) is 0 Å². The summed E-state index contributed by atoms with van der Waals surface area (Å²) in [6, 6.07) is 0.163. The zero-order valence-corrected chi connectivity index (χ0v) is 11.0. The summed E-state index contributed by atoms with van der Waals surface area (Å²) in [5.41, 5.74) is 5.52. The minimum absolute atomic E-state index is 0.147. The van der Waals surface area contributed by atoms with Crippen LogP contribution in [0.3, 0.4) is 0 Å². The van der Waals surface area contributed by atoms with Crippen molar-refractivity contribution in [1.29, 1.82) is 0 Å². The fraction of sp³-hybridized carbons (Fsp3) is 0.600. The highest BCUT2D eigenvalue weighted by molar-refractivity contribution is 9.10. The minimum atomic E-state index is 0.147. The number of aromatic nitrogens is 2.